The second-order valence-corrected chi connectivity index (χ2v) is 19.9. The monoisotopic (exact) mass is 1080 g/mol. The largest absolute Gasteiger partial charge is 0.462 e. The van der Waals surface area contributed by atoms with E-state index < -0.39 is 6.10 Å². The molecule has 0 fully saturated rings. The lowest BCUT2D eigenvalue weighted by Crippen LogP contribution is -2.30. The van der Waals surface area contributed by atoms with Gasteiger partial charge in [0.15, 0.2) is 6.10 Å². The van der Waals surface area contributed by atoms with Crippen molar-refractivity contribution in [3.63, 3.8) is 0 Å². The average Bonchev–Trinajstić information content (AvgIpc) is 3.45. The van der Waals surface area contributed by atoms with Gasteiger partial charge in [-0.25, -0.2) is 0 Å². The molecule has 0 N–H and O–H groups in total. The zero-order chi connectivity index (χ0) is 57.1. The lowest BCUT2D eigenvalue weighted by Gasteiger charge is -2.18. The number of hydrogen-bond donors (Lipinski definition) is 0. The van der Waals surface area contributed by atoms with Gasteiger partial charge in [-0.3, -0.25) is 14.4 Å². The first-order valence-corrected chi connectivity index (χ1v) is 31.3. The van der Waals surface area contributed by atoms with Gasteiger partial charge in [0.25, 0.3) is 0 Å². The molecule has 0 aliphatic rings. The van der Waals surface area contributed by atoms with E-state index in [1.807, 2.05) is 0 Å². The quantitative estimate of drug-likeness (QED) is 0.0261. The molecule has 440 valence electrons. The molecule has 0 spiro atoms. The van der Waals surface area contributed by atoms with Crippen molar-refractivity contribution in [2.24, 2.45) is 0 Å². The zero-order valence-electron chi connectivity index (χ0n) is 50.3. The summed E-state index contributed by atoms with van der Waals surface area (Å²) in [6, 6.07) is 0. The molecule has 0 rings (SSSR count). The Kier molecular flexibility index (Phi) is 60.5. The molecule has 0 aliphatic carbocycles. The minimum Gasteiger partial charge on any atom is -0.462 e. The van der Waals surface area contributed by atoms with Crippen LogP contribution in [0.3, 0.4) is 0 Å². The third-order valence-electron chi connectivity index (χ3n) is 12.4. The van der Waals surface area contributed by atoms with Crippen LogP contribution in [0.1, 0.15) is 239 Å². The van der Waals surface area contributed by atoms with E-state index in [0.717, 1.165) is 135 Å². The lowest BCUT2D eigenvalue weighted by atomic mass is 10.1. The number of esters is 3. The van der Waals surface area contributed by atoms with Crippen LogP contribution in [0.4, 0.5) is 0 Å². The summed E-state index contributed by atoms with van der Waals surface area (Å²) < 4.78 is 16.8. The maximum Gasteiger partial charge on any atom is 0.306 e. The van der Waals surface area contributed by atoms with E-state index in [0.29, 0.717) is 19.3 Å². The third-order valence-corrected chi connectivity index (χ3v) is 12.4. The van der Waals surface area contributed by atoms with E-state index in [1.54, 1.807) is 0 Å². The van der Waals surface area contributed by atoms with Gasteiger partial charge in [-0.2, -0.15) is 0 Å². The number of carbonyl (C=O) groups is 3. The van der Waals surface area contributed by atoms with Crippen LogP contribution in [0.5, 0.6) is 0 Å². The van der Waals surface area contributed by atoms with Crippen molar-refractivity contribution in [3.8, 4) is 0 Å². The maximum absolute atomic E-state index is 12.8. The summed E-state index contributed by atoms with van der Waals surface area (Å²) in [6.45, 7) is 6.30. The topological polar surface area (TPSA) is 78.9 Å². The number of rotatable bonds is 54. The number of unbranched alkanes of at least 4 members (excludes halogenated alkanes) is 13. The van der Waals surface area contributed by atoms with Crippen molar-refractivity contribution >= 4 is 17.9 Å². The van der Waals surface area contributed by atoms with Crippen molar-refractivity contribution < 1.29 is 28.6 Å². The fraction of sp³-hybridized carbons (Fsp3) is 0.548. The molecule has 0 aromatic heterocycles. The van der Waals surface area contributed by atoms with Crippen molar-refractivity contribution in [2.45, 2.75) is 245 Å². The maximum atomic E-state index is 12.8. The van der Waals surface area contributed by atoms with Gasteiger partial charge in [-0.15, -0.1) is 0 Å². The first-order chi connectivity index (χ1) is 39.0. The van der Waals surface area contributed by atoms with Crippen LogP contribution in [0.25, 0.3) is 0 Å². The normalized spacial score (nSPS) is 13.4. The predicted octanol–water partition coefficient (Wildman–Crippen LogP) is 21.7. The molecular formula is C73H112O6. The Morgan fingerprint density at radius 3 is 0.810 bits per heavy atom. The highest BCUT2D eigenvalue weighted by molar-refractivity contribution is 5.71. The summed E-state index contributed by atoms with van der Waals surface area (Å²) in [5.74, 6) is -1.04. The van der Waals surface area contributed by atoms with Crippen molar-refractivity contribution in [1.29, 1.82) is 0 Å². The molecule has 0 bridgehead atoms. The first-order valence-electron chi connectivity index (χ1n) is 31.3. The molecule has 1 unspecified atom stereocenters. The van der Waals surface area contributed by atoms with Gasteiger partial charge in [0.2, 0.25) is 0 Å². The van der Waals surface area contributed by atoms with Crippen LogP contribution < -0.4 is 0 Å². The van der Waals surface area contributed by atoms with Gasteiger partial charge in [-0.05, 0) is 135 Å². The lowest BCUT2D eigenvalue weighted by molar-refractivity contribution is -0.167. The third kappa shape index (κ3) is 63.2. The van der Waals surface area contributed by atoms with Crippen molar-refractivity contribution in [2.75, 3.05) is 13.2 Å². The van der Waals surface area contributed by atoms with Crippen LogP contribution in [-0.4, -0.2) is 37.2 Å². The molecule has 6 heteroatoms. The second kappa shape index (κ2) is 65.0. The Morgan fingerprint density at radius 1 is 0.266 bits per heavy atom. The van der Waals surface area contributed by atoms with Crippen LogP contribution in [0.15, 0.2) is 182 Å². The smallest absolute Gasteiger partial charge is 0.306 e. The molecule has 0 heterocycles. The van der Waals surface area contributed by atoms with Crippen LogP contribution >= 0.6 is 0 Å². The Labute approximate surface area is 484 Å². The van der Waals surface area contributed by atoms with Crippen LogP contribution in [-0.2, 0) is 28.6 Å². The molecule has 1 atom stereocenters. The van der Waals surface area contributed by atoms with Gasteiger partial charge >= 0.3 is 17.9 Å². The van der Waals surface area contributed by atoms with E-state index in [2.05, 4.69) is 203 Å². The first kappa shape index (κ1) is 73.5. The number of ether oxygens (including phenoxy) is 3. The summed E-state index contributed by atoms with van der Waals surface area (Å²) >= 11 is 0. The highest BCUT2D eigenvalue weighted by Gasteiger charge is 2.19. The molecule has 6 nitrogen and oxygen atoms in total. The fourth-order valence-corrected chi connectivity index (χ4v) is 7.80. The second-order valence-electron chi connectivity index (χ2n) is 19.9. The summed E-state index contributed by atoms with van der Waals surface area (Å²) in [7, 11) is 0. The summed E-state index contributed by atoms with van der Waals surface area (Å²) in [5.41, 5.74) is 0. The Hall–Kier alpha value is -5.49. The average molecular weight is 1090 g/mol. The molecule has 79 heavy (non-hydrogen) atoms. The van der Waals surface area contributed by atoms with Gasteiger partial charge in [0.1, 0.15) is 13.2 Å². The molecule has 0 amide bonds. The summed E-state index contributed by atoms with van der Waals surface area (Å²) in [6.07, 6.45) is 97.7. The highest BCUT2D eigenvalue weighted by atomic mass is 16.6. The molecule has 0 aliphatic heterocycles. The Balaban J connectivity index is 4.43. The minimum atomic E-state index is -0.834. The number of carbonyl (C=O) groups excluding carboxylic acids is 3. The van der Waals surface area contributed by atoms with Gasteiger partial charge in [0, 0.05) is 19.3 Å². The van der Waals surface area contributed by atoms with E-state index in [-0.39, 0.29) is 44.0 Å². The SMILES string of the molecule is CC/C=C\C/C=C\C/C=C\C/C=C\C/C=C\C/C=C\C/C=C\C/C=C\C/C=C\C/C=C\CCCCC(=O)OCC(COC(=O)CCCCCCCCCCCCC)OC(=O)CCC/C=C\C/C=C\C/C=C\C/C=C\C/C=C\CC. The standard InChI is InChI=1S/C73H112O6/c1-4-7-10-13-16-19-22-24-26-28-29-30-31-32-33-34-35-36-37-38-39-40-41-42-43-45-46-48-51-54-57-60-63-66-72(75)78-69-70(68-77-71(74)65-62-59-56-53-50-21-18-15-12-9-6-3)79-73(76)67-64-61-58-55-52-49-47-44-27-25-23-20-17-14-11-8-5-2/h7-8,10-11,16-17,19-20,24-27,29-30,32-33,35-36,38-39,41-42,45-47,49,51,54-55,58,70H,4-6,9,12-15,18,21-23,28,31,34,37,40,43-44,48,50,52-53,56-57,59-69H2,1-3H3/b10-7-,11-8-,19-16-,20-17-,26-24-,27-25-,30-29-,33-32-,36-35-,39-38-,42-41-,46-45-,49-47-,54-51-,58-55-. The van der Waals surface area contributed by atoms with Crippen molar-refractivity contribution in [1.82, 2.24) is 0 Å². The van der Waals surface area contributed by atoms with Crippen molar-refractivity contribution in [3.05, 3.63) is 182 Å². The minimum absolute atomic E-state index is 0.121. The molecule has 0 aromatic rings. The van der Waals surface area contributed by atoms with Crippen LogP contribution in [0, 0.1) is 0 Å². The van der Waals surface area contributed by atoms with Gasteiger partial charge in [-0.1, -0.05) is 267 Å². The molecular weight excluding hydrogens is 973 g/mol. The van der Waals surface area contributed by atoms with E-state index >= 15 is 0 Å². The molecule has 0 aromatic carbocycles. The summed E-state index contributed by atoms with van der Waals surface area (Å²) in [5, 5.41) is 0. The fourth-order valence-electron chi connectivity index (χ4n) is 7.80. The molecule has 0 saturated heterocycles. The molecule has 0 radical (unpaired) electrons. The van der Waals surface area contributed by atoms with Gasteiger partial charge in [0.05, 0.1) is 0 Å². The van der Waals surface area contributed by atoms with E-state index in [9.17, 15) is 14.4 Å². The Bertz CT molecular complexity index is 1870. The zero-order valence-corrected chi connectivity index (χ0v) is 50.3. The highest BCUT2D eigenvalue weighted by Crippen LogP contribution is 2.13. The van der Waals surface area contributed by atoms with E-state index in [1.165, 1.54) is 51.4 Å². The number of allylic oxidation sites excluding steroid dienone is 30. The van der Waals surface area contributed by atoms with Gasteiger partial charge < -0.3 is 14.2 Å². The number of hydrogen-bond acceptors (Lipinski definition) is 6. The Morgan fingerprint density at radius 2 is 0.506 bits per heavy atom. The predicted molar refractivity (Wildman–Crippen MR) is 343 cm³/mol. The summed E-state index contributed by atoms with van der Waals surface area (Å²) in [4.78, 5) is 38.1. The van der Waals surface area contributed by atoms with E-state index in [4.69, 9.17) is 14.2 Å². The van der Waals surface area contributed by atoms with Crippen LogP contribution in [0.2, 0.25) is 0 Å². The molecule has 0 saturated carbocycles.